The molecule has 1 aromatic heterocycles. The number of Topliss-reactive ketones (excluding diaryl/α,β-unsaturated/α-hetero) is 1. The second-order valence-corrected chi connectivity index (χ2v) is 14.6. The predicted molar refractivity (Wildman–Crippen MR) is 196 cm³/mol. The van der Waals surface area contributed by atoms with Crippen LogP contribution in [0.3, 0.4) is 0 Å². The molecule has 3 aliphatic rings. The standard InChI is InChI=1S/C38H48Cl2N4O7/c1-5-50-37(47)24-12-14-26(15-13-24)51-38(43-16-8-9-17-43,44-22-33(48-3)34(23-44)49-4)35(45)19-25-18-30(40)31(20-29(25)39)41-36(46)28-21-42(2)32-11-7-6-10-27(28)32/h6-7,10-11,18,20-21,24,26,33-34H,5,8-9,12-17,19,22-23H2,1-4H3,(H,41,46)/t24?,26?,33-,34+,38?. The first-order chi connectivity index (χ1) is 24.6. The molecule has 1 aliphatic carbocycles. The number of benzene rings is 2. The molecule has 3 fully saturated rings. The molecule has 2 aliphatic heterocycles. The molecule has 2 aromatic carbocycles. The van der Waals surface area contributed by atoms with Crippen LogP contribution in [0, 0.1) is 5.92 Å². The van der Waals surface area contributed by atoms with Crippen LogP contribution >= 0.6 is 23.2 Å². The highest BCUT2D eigenvalue weighted by molar-refractivity contribution is 6.36. The molecule has 0 bridgehead atoms. The third-order valence-corrected chi connectivity index (χ3v) is 11.3. The fourth-order valence-corrected chi connectivity index (χ4v) is 8.42. The average Bonchev–Trinajstić information content (AvgIpc) is 3.89. The molecular weight excluding hydrogens is 695 g/mol. The number of rotatable bonds is 13. The second-order valence-electron chi connectivity index (χ2n) is 13.7. The fourth-order valence-electron chi connectivity index (χ4n) is 7.96. The van der Waals surface area contributed by atoms with Gasteiger partial charge < -0.3 is 28.8 Å². The number of hydrogen-bond donors (Lipinski definition) is 1. The molecule has 11 nitrogen and oxygen atoms in total. The van der Waals surface area contributed by atoms with E-state index in [1.165, 1.54) is 0 Å². The summed E-state index contributed by atoms with van der Waals surface area (Å²) in [6.07, 6.45) is 5.33. The van der Waals surface area contributed by atoms with E-state index in [1.807, 2.05) is 42.8 Å². The number of nitrogens with one attached hydrogen (secondary N) is 1. The molecule has 1 unspecified atom stereocenters. The Morgan fingerprint density at radius 3 is 2.24 bits per heavy atom. The topological polar surface area (TPSA) is 112 Å². The number of likely N-dealkylation sites (tertiary alicyclic amines) is 2. The lowest BCUT2D eigenvalue weighted by atomic mass is 9.87. The Morgan fingerprint density at radius 2 is 1.59 bits per heavy atom. The Hall–Kier alpha value is -3.03. The van der Waals surface area contributed by atoms with Crippen molar-refractivity contribution in [3.63, 3.8) is 0 Å². The van der Waals surface area contributed by atoms with Crippen LogP contribution in [0.15, 0.2) is 42.6 Å². The molecule has 1 amide bonds. The minimum absolute atomic E-state index is 0.0590. The van der Waals surface area contributed by atoms with Gasteiger partial charge in [-0.2, -0.15) is 0 Å². The number of anilines is 1. The van der Waals surface area contributed by atoms with Crippen LogP contribution < -0.4 is 5.32 Å². The molecule has 0 spiro atoms. The lowest BCUT2D eigenvalue weighted by molar-refractivity contribution is -0.254. The lowest BCUT2D eigenvalue weighted by Gasteiger charge is -2.48. The van der Waals surface area contributed by atoms with Crippen molar-refractivity contribution in [1.82, 2.24) is 14.4 Å². The van der Waals surface area contributed by atoms with Gasteiger partial charge in [-0.05, 0) is 69.2 Å². The van der Waals surface area contributed by atoms with Crippen LogP contribution in [0.4, 0.5) is 5.69 Å². The highest BCUT2D eigenvalue weighted by Gasteiger charge is 2.56. The SMILES string of the molecule is CCOC(=O)C1CCC(OC(C(=O)Cc2cc(Cl)c(NC(=O)c3cn(C)c4ccccc34)cc2Cl)(N2CCCC2)N2C[C@H](OC)[C@H](OC)C2)CC1. The van der Waals surface area contributed by atoms with Crippen LogP contribution in [0.2, 0.25) is 10.0 Å². The molecule has 3 aromatic rings. The third-order valence-electron chi connectivity index (χ3n) is 10.6. The Kier molecular flexibility index (Phi) is 12.1. The summed E-state index contributed by atoms with van der Waals surface area (Å²) in [5.41, 5.74) is 2.32. The van der Waals surface area contributed by atoms with Gasteiger partial charge in [0.15, 0.2) is 5.78 Å². The molecule has 51 heavy (non-hydrogen) atoms. The van der Waals surface area contributed by atoms with E-state index >= 15 is 4.79 Å². The van der Waals surface area contributed by atoms with Crippen molar-refractivity contribution in [2.45, 2.75) is 76.0 Å². The quantitative estimate of drug-likeness (QED) is 0.208. The van der Waals surface area contributed by atoms with Crippen molar-refractivity contribution in [3.05, 3.63) is 63.8 Å². The summed E-state index contributed by atoms with van der Waals surface area (Å²) in [6, 6.07) is 10.9. The lowest BCUT2D eigenvalue weighted by Crippen LogP contribution is -2.67. The second kappa shape index (κ2) is 16.3. The van der Waals surface area contributed by atoms with Crippen LogP contribution in [0.1, 0.15) is 61.4 Å². The first kappa shape index (κ1) is 37.7. The number of aryl methyl sites for hydroxylation is 1. The average molecular weight is 744 g/mol. The molecule has 2 saturated heterocycles. The van der Waals surface area contributed by atoms with Gasteiger partial charge >= 0.3 is 5.97 Å². The maximum absolute atomic E-state index is 15.0. The van der Waals surface area contributed by atoms with E-state index in [1.54, 1.807) is 32.5 Å². The van der Waals surface area contributed by atoms with Crippen molar-refractivity contribution in [2.75, 3.05) is 52.3 Å². The third kappa shape index (κ3) is 7.71. The van der Waals surface area contributed by atoms with Gasteiger partial charge in [-0.15, -0.1) is 0 Å². The summed E-state index contributed by atoms with van der Waals surface area (Å²) in [5, 5.41) is 4.30. The van der Waals surface area contributed by atoms with Gasteiger partial charge in [-0.25, -0.2) is 0 Å². The zero-order valence-corrected chi connectivity index (χ0v) is 31.3. The minimum Gasteiger partial charge on any atom is -0.466 e. The number of methoxy groups -OCH3 is 2. The monoisotopic (exact) mass is 742 g/mol. The van der Waals surface area contributed by atoms with E-state index in [0.717, 1.165) is 23.7 Å². The molecule has 3 atom stereocenters. The number of nitrogens with zero attached hydrogens (tertiary/aromatic N) is 3. The van der Waals surface area contributed by atoms with Crippen molar-refractivity contribution >= 4 is 57.5 Å². The number of hydrogen-bond acceptors (Lipinski definition) is 9. The molecule has 276 valence electrons. The number of ether oxygens (including phenoxy) is 4. The molecule has 0 radical (unpaired) electrons. The summed E-state index contributed by atoms with van der Waals surface area (Å²) >= 11 is 13.7. The smallest absolute Gasteiger partial charge is 0.308 e. The Balaban J connectivity index is 1.28. The van der Waals surface area contributed by atoms with Gasteiger partial charge in [0.05, 0.1) is 47.1 Å². The van der Waals surface area contributed by atoms with Crippen molar-refractivity contribution in [3.8, 4) is 0 Å². The van der Waals surface area contributed by atoms with Crippen molar-refractivity contribution in [1.29, 1.82) is 0 Å². The van der Waals surface area contributed by atoms with Crippen molar-refractivity contribution in [2.24, 2.45) is 13.0 Å². The molecular formula is C38H48Cl2N4O7. The van der Waals surface area contributed by atoms with E-state index < -0.39 is 5.85 Å². The summed E-state index contributed by atoms with van der Waals surface area (Å²) in [7, 11) is 5.20. The number of para-hydroxylation sites is 1. The fraction of sp³-hybridized carbons (Fsp3) is 0.553. The number of fused-ring (bicyclic) bond motifs is 1. The summed E-state index contributed by atoms with van der Waals surface area (Å²) in [4.78, 5) is 45.2. The highest BCUT2D eigenvalue weighted by Crippen LogP contribution is 2.39. The highest BCUT2D eigenvalue weighted by atomic mass is 35.5. The van der Waals surface area contributed by atoms with Crippen LogP contribution in [-0.4, -0.2) is 103 Å². The van der Waals surface area contributed by atoms with Gasteiger partial charge in [-0.1, -0.05) is 41.4 Å². The van der Waals surface area contributed by atoms with Gasteiger partial charge in [0.25, 0.3) is 5.91 Å². The Bertz CT molecular complexity index is 1720. The van der Waals surface area contributed by atoms with Gasteiger partial charge in [0.2, 0.25) is 5.85 Å². The number of esters is 1. The maximum atomic E-state index is 15.0. The van der Waals surface area contributed by atoms with E-state index in [0.29, 0.717) is 80.3 Å². The zero-order valence-electron chi connectivity index (χ0n) is 29.8. The number of ketones is 1. The first-order valence-electron chi connectivity index (χ1n) is 17.9. The molecule has 13 heteroatoms. The minimum atomic E-state index is -1.42. The van der Waals surface area contributed by atoms with E-state index in [2.05, 4.69) is 15.1 Å². The first-order valence-corrected chi connectivity index (χ1v) is 18.6. The van der Waals surface area contributed by atoms with E-state index in [-0.39, 0.29) is 53.3 Å². The number of carbonyl (C=O) groups excluding carboxylic acids is 3. The molecule has 1 N–H and O–H groups in total. The normalized spacial score (nSPS) is 24.1. The predicted octanol–water partition coefficient (Wildman–Crippen LogP) is 6.08. The van der Waals surface area contributed by atoms with Gasteiger partial charge in [0.1, 0.15) is 0 Å². The van der Waals surface area contributed by atoms with Crippen LogP contribution in [0.25, 0.3) is 10.9 Å². The maximum Gasteiger partial charge on any atom is 0.308 e. The Morgan fingerprint density at radius 1 is 0.922 bits per heavy atom. The summed E-state index contributed by atoms with van der Waals surface area (Å²) < 4.78 is 25.9. The van der Waals surface area contributed by atoms with Gasteiger partial charge in [0, 0.05) is 76.0 Å². The number of halogens is 2. The van der Waals surface area contributed by atoms with Crippen molar-refractivity contribution < 1.29 is 33.3 Å². The van der Waals surface area contributed by atoms with E-state index in [9.17, 15) is 9.59 Å². The molecule has 6 rings (SSSR count). The summed E-state index contributed by atoms with van der Waals surface area (Å²) in [5.74, 6) is -2.26. The van der Waals surface area contributed by atoms with Crippen LogP contribution in [-0.2, 0) is 42.0 Å². The number of aromatic nitrogens is 1. The van der Waals surface area contributed by atoms with Crippen LogP contribution in [0.5, 0.6) is 0 Å². The largest absolute Gasteiger partial charge is 0.466 e. The molecule has 3 heterocycles. The number of amides is 1. The zero-order chi connectivity index (χ0) is 36.3. The Labute approximate surface area is 309 Å². The van der Waals surface area contributed by atoms with E-state index in [4.69, 9.17) is 42.1 Å². The summed E-state index contributed by atoms with van der Waals surface area (Å²) in [6.45, 7) is 4.40. The van der Waals surface area contributed by atoms with Gasteiger partial charge in [-0.3, -0.25) is 24.2 Å². The molecule has 1 saturated carbocycles. The number of carbonyl (C=O) groups is 3.